The summed E-state index contributed by atoms with van der Waals surface area (Å²) in [5.74, 6) is 0.712. The van der Waals surface area contributed by atoms with Crippen LogP contribution in [-0.2, 0) is 18.4 Å². The van der Waals surface area contributed by atoms with Crippen LogP contribution in [0.4, 0.5) is 0 Å². The first-order valence-electron chi connectivity index (χ1n) is 9.11. The van der Waals surface area contributed by atoms with Gasteiger partial charge >= 0.3 is 0 Å². The first-order valence-corrected chi connectivity index (χ1v) is 9.11. The minimum absolute atomic E-state index is 0.00202. The van der Waals surface area contributed by atoms with E-state index in [4.69, 9.17) is 9.47 Å². The molecule has 0 spiro atoms. The smallest absolute Gasteiger partial charge is 0.220 e. The normalized spacial score (nSPS) is 12.4. The monoisotopic (exact) mass is 369 g/mol. The number of methoxy groups -OCH3 is 1. The lowest BCUT2D eigenvalue weighted by Gasteiger charge is -2.16. The number of nitrogens with one attached hydrogen (secondary N) is 2. The van der Waals surface area contributed by atoms with Crippen LogP contribution in [0.15, 0.2) is 25.0 Å². The number of likely N-dealkylation sites (N-methyl/N-ethyl adjacent to an activating group) is 1. The van der Waals surface area contributed by atoms with Crippen molar-refractivity contribution in [3.05, 3.63) is 36.3 Å². The molecule has 0 radical (unpaired) electrons. The van der Waals surface area contributed by atoms with E-state index in [1.807, 2.05) is 32.4 Å². The van der Waals surface area contributed by atoms with E-state index in [1.54, 1.807) is 11.8 Å². The molecule has 0 saturated heterocycles. The van der Waals surface area contributed by atoms with E-state index in [1.165, 1.54) is 0 Å². The van der Waals surface area contributed by atoms with Crippen molar-refractivity contribution in [1.29, 1.82) is 0 Å². The second-order valence-electron chi connectivity index (χ2n) is 6.49. The number of fused-ring (bicyclic) bond motifs is 1. The molecule has 3 heterocycles. The quantitative estimate of drug-likeness (QED) is 0.606. The molecule has 0 saturated carbocycles. The van der Waals surface area contributed by atoms with Crippen molar-refractivity contribution < 1.29 is 9.47 Å². The topological polar surface area (TPSA) is 77.0 Å². The van der Waals surface area contributed by atoms with Gasteiger partial charge < -0.3 is 19.8 Å². The number of H-pyrrole nitrogens is 1. The lowest BCUT2D eigenvalue weighted by molar-refractivity contribution is 0.181. The van der Waals surface area contributed by atoms with Crippen molar-refractivity contribution >= 4 is 17.1 Å². The van der Waals surface area contributed by atoms with Gasteiger partial charge in [0.05, 0.1) is 17.9 Å². The molecule has 0 aliphatic rings. The fourth-order valence-corrected chi connectivity index (χ4v) is 3.13. The van der Waals surface area contributed by atoms with Crippen molar-refractivity contribution in [2.45, 2.75) is 26.6 Å². The first kappa shape index (κ1) is 19.1. The summed E-state index contributed by atoms with van der Waals surface area (Å²) in [7, 11) is 3.55. The summed E-state index contributed by atoms with van der Waals surface area (Å²) in [5, 5.41) is 8.93. The number of aryl methyl sites for hydroxylation is 1. The molecular weight excluding hydrogens is 342 g/mol. The van der Waals surface area contributed by atoms with Crippen LogP contribution < -0.4 is 10.1 Å². The second kappa shape index (κ2) is 8.37. The van der Waals surface area contributed by atoms with Crippen LogP contribution >= 0.6 is 0 Å². The minimum atomic E-state index is 0.00202. The number of pyridine rings is 1. The molecule has 0 amide bonds. The Kier molecular flexibility index (Phi) is 5.93. The van der Waals surface area contributed by atoms with Crippen molar-refractivity contribution in [1.82, 2.24) is 25.1 Å². The number of rotatable bonds is 9. The van der Waals surface area contributed by atoms with Crippen LogP contribution in [0, 0.1) is 0 Å². The highest BCUT2D eigenvalue weighted by Crippen LogP contribution is 2.35. The maximum Gasteiger partial charge on any atom is 0.220 e. The predicted molar refractivity (Wildman–Crippen MR) is 108 cm³/mol. The largest absolute Gasteiger partial charge is 0.473 e. The van der Waals surface area contributed by atoms with Gasteiger partial charge in [-0.2, -0.15) is 5.10 Å². The second-order valence-corrected chi connectivity index (χ2v) is 6.49. The number of aromatic amines is 1. The minimum Gasteiger partial charge on any atom is -0.473 e. The Morgan fingerprint density at radius 2 is 2.26 bits per heavy atom. The summed E-state index contributed by atoms with van der Waals surface area (Å²) < 4.78 is 13.4. The van der Waals surface area contributed by atoms with Crippen LogP contribution in [0.2, 0.25) is 0 Å². The molecule has 0 fully saturated rings. The average Bonchev–Trinajstić information content (AvgIpc) is 3.20. The van der Waals surface area contributed by atoms with Gasteiger partial charge in [0.2, 0.25) is 5.88 Å². The van der Waals surface area contributed by atoms with Gasteiger partial charge in [-0.1, -0.05) is 19.6 Å². The zero-order valence-corrected chi connectivity index (χ0v) is 16.4. The fraction of sp³-hybridized carbons (Fsp3) is 0.400. The van der Waals surface area contributed by atoms with Gasteiger partial charge in [0.25, 0.3) is 0 Å². The van der Waals surface area contributed by atoms with Crippen LogP contribution in [0.1, 0.15) is 25.1 Å². The molecule has 7 heteroatoms. The van der Waals surface area contributed by atoms with Crippen molar-refractivity contribution in [3.63, 3.8) is 0 Å². The molecule has 2 N–H and O–H groups in total. The molecule has 0 aliphatic carbocycles. The molecule has 27 heavy (non-hydrogen) atoms. The summed E-state index contributed by atoms with van der Waals surface area (Å²) in [4.78, 5) is 7.72. The van der Waals surface area contributed by atoms with E-state index in [-0.39, 0.29) is 6.10 Å². The van der Waals surface area contributed by atoms with Gasteiger partial charge in [-0.25, -0.2) is 9.67 Å². The molecule has 0 aromatic carbocycles. The third kappa shape index (κ3) is 3.89. The fourth-order valence-electron chi connectivity index (χ4n) is 3.13. The summed E-state index contributed by atoms with van der Waals surface area (Å²) in [5.41, 5.74) is 4.51. The van der Waals surface area contributed by atoms with E-state index in [2.05, 4.69) is 40.0 Å². The molecule has 3 aromatic heterocycles. The van der Waals surface area contributed by atoms with E-state index in [0.29, 0.717) is 12.5 Å². The van der Waals surface area contributed by atoms with E-state index >= 15 is 0 Å². The lowest BCUT2D eigenvalue weighted by Crippen LogP contribution is -2.29. The highest BCUT2D eigenvalue weighted by atomic mass is 16.5. The van der Waals surface area contributed by atoms with Crippen LogP contribution in [0.5, 0.6) is 5.88 Å². The number of ether oxygens (including phenoxy) is 2. The highest BCUT2D eigenvalue weighted by Gasteiger charge is 2.22. The Balaban J connectivity index is 2.08. The summed E-state index contributed by atoms with van der Waals surface area (Å²) in [6.07, 6.45) is 5.56. The molecule has 0 aliphatic heterocycles. The van der Waals surface area contributed by atoms with Gasteiger partial charge in [0.15, 0.2) is 0 Å². The zero-order valence-electron chi connectivity index (χ0n) is 16.4. The number of hydrogen-bond acceptors (Lipinski definition) is 5. The first-order chi connectivity index (χ1) is 13.1. The Labute approximate surface area is 159 Å². The number of nitrogens with zero attached hydrogens (tertiary/aromatic N) is 3. The van der Waals surface area contributed by atoms with Crippen molar-refractivity contribution in [2.75, 3.05) is 20.2 Å². The molecule has 144 valence electrons. The summed E-state index contributed by atoms with van der Waals surface area (Å²) >= 11 is 0. The van der Waals surface area contributed by atoms with Gasteiger partial charge in [0.1, 0.15) is 11.8 Å². The third-order valence-electron chi connectivity index (χ3n) is 4.41. The Hall–Kier alpha value is -2.64. The maximum absolute atomic E-state index is 6.24. The SMILES string of the molecule is C=Cc1c[nH]c2ncc(-c3c(COC)nn(C)c3OC(C)CNCC)cc12. The summed E-state index contributed by atoms with van der Waals surface area (Å²) in [6, 6.07) is 2.09. The number of aromatic nitrogens is 4. The average molecular weight is 369 g/mol. The Morgan fingerprint density at radius 1 is 1.44 bits per heavy atom. The van der Waals surface area contributed by atoms with Crippen LogP contribution in [0.25, 0.3) is 28.2 Å². The van der Waals surface area contributed by atoms with E-state index in [9.17, 15) is 0 Å². The zero-order chi connectivity index (χ0) is 19.4. The highest BCUT2D eigenvalue weighted by molar-refractivity contribution is 5.90. The van der Waals surface area contributed by atoms with E-state index in [0.717, 1.165) is 46.5 Å². The van der Waals surface area contributed by atoms with Crippen molar-refractivity contribution in [2.24, 2.45) is 7.05 Å². The molecule has 7 nitrogen and oxygen atoms in total. The van der Waals surface area contributed by atoms with Gasteiger partial charge in [-0.15, -0.1) is 0 Å². The molecule has 1 atom stereocenters. The lowest BCUT2D eigenvalue weighted by atomic mass is 10.1. The summed E-state index contributed by atoms with van der Waals surface area (Å²) in [6.45, 7) is 10.1. The van der Waals surface area contributed by atoms with Crippen LogP contribution in [0.3, 0.4) is 0 Å². The number of hydrogen-bond donors (Lipinski definition) is 2. The van der Waals surface area contributed by atoms with E-state index < -0.39 is 0 Å². The van der Waals surface area contributed by atoms with Gasteiger partial charge in [-0.05, 0) is 19.5 Å². The predicted octanol–water partition coefficient (Wildman–Crippen LogP) is 3.13. The molecule has 3 rings (SSSR count). The molecule has 0 bridgehead atoms. The maximum atomic E-state index is 6.24. The standard InChI is InChI=1S/C20H27N5O2/c1-6-14-10-22-19-16(14)8-15(11-23-19)18-17(12-26-5)24-25(4)20(18)27-13(3)9-21-7-2/h6,8,10-11,13,21H,1,7,9,12H2,2-5H3,(H,22,23). The molecular formula is C20H27N5O2. The van der Waals surface area contributed by atoms with Crippen molar-refractivity contribution in [3.8, 4) is 17.0 Å². The Bertz CT molecular complexity index is 928. The van der Waals surface area contributed by atoms with Gasteiger partial charge in [-0.3, -0.25) is 0 Å². The van der Waals surface area contributed by atoms with Gasteiger partial charge in [0, 0.05) is 49.6 Å². The third-order valence-corrected chi connectivity index (χ3v) is 4.41. The molecule has 1 unspecified atom stereocenters. The Morgan fingerprint density at radius 3 is 2.96 bits per heavy atom. The van der Waals surface area contributed by atoms with Crippen LogP contribution in [-0.4, -0.2) is 46.1 Å². The molecule has 3 aromatic rings.